The van der Waals surface area contributed by atoms with E-state index in [9.17, 15) is 4.79 Å². The van der Waals surface area contributed by atoms with Gasteiger partial charge in [-0.25, -0.2) is 29.6 Å². The lowest BCUT2D eigenvalue weighted by molar-refractivity contribution is -0.120. The monoisotopic (exact) mass is 444 g/mol. The Labute approximate surface area is 190 Å². The third-order valence-electron chi connectivity index (χ3n) is 5.65. The van der Waals surface area contributed by atoms with Crippen LogP contribution in [0.15, 0.2) is 49.6 Å². The molecule has 1 aliphatic rings. The fraction of sp³-hybridized carbons (Fsp3) is 0.318. The summed E-state index contributed by atoms with van der Waals surface area (Å²) in [6, 6.07) is 5.65. The number of rotatable bonds is 5. The van der Waals surface area contributed by atoms with Crippen molar-refractivity contribution in [1.82, 2.24) is 39.3 Å². The highest BCUT2D eigenvalue weighted by molar-refractivity contribution is 5.92. The molecule has 1 amide bonds. The summed E-state index contributed by atoms with van der Waals surface area (Å²) in [4.78, 5) is 36.4. The number of hydrogen-bond donors (Lipinski definition) is 1. The van der Waals surface area contributed by atoms with Crippen molar-refractivity contribution < 1.29 is 4.79 Å². The number of nitrogens with one attached hydrogen (secondary N) is 1. The first-order valence-corrected chi connectivity index (χ1v) is 10.8. The van der Waals surface area contributed by atoms with Crippen LogP contribution in [0.1, 0.15) is 24.2 Å². The summed E-state index contributed by atoms with van der Waals surface area (Å²) in [6.07, 6.45) is 9.77. The van der Waals surface area contributed by atoms with E-state index in [1.54, 1.807) is 35.7 Å². The lowest BCUT2D eigenvalue weighted by Crippen LogP contribution is -2.41. The summed E-state index contributed by atoms with van der Waals surface area (Å²) < 4.78 is 3.57. The first-order valence-electron chi connectivity index (χ1n) is 10.8. The summed E-state index contributed by atoms with van der Waals surface area (Å²) >= 11 is 0. The molecule has 1 unspecified atom stereocenters. The molecule has 0 radical (unpaired) electrons. The number of imidazole rings is 1. The third kappa shape index (κ3) is 4.43. The zero-order chi connectivity index (χ0) is 22.8. The average molecular weight is 445 g/mol. The predicted octanol–water partition coefficient (Wildman–Crippen LogP) is 2.11. The summed E-state index contributed by atoms with van der Waals surface area (Å²) in [5, 5.41) is 7.44. The fourth-order valence-corrected chi connectivity index (χ4v) is 4.07. The van der Waals surface area contributed by atoms with Crippen LogP contribution in [0.2, 0.25) is 0 Å². The van der Waals surface area contributed by atoms with E-state index >= 15 is 0 Å². The smallest absolute Gasteiger partial charge is 0.230 e. The molecule has 5 heterocycles. The number of aromatic nitrogens is 8. The van der Waals surface area contributed by atoms with Crippen molar-refractivity contribution in [2.24, 2.45) is 5.92 Å². The topological polar surface area (TPSA) is 120 Å². The number of amides is 1. The maximum Gasteiger partial charge on any atom is 0.230 e. The van der Waals surface area contributed by atoms with Crippen LogP contribution in [0.5, 0.6) is 0 Å². The highest BCUT2D eigenvalue weighted by Crippen LogP contribution is 2.24. The van der Waals surface area contributed by atoms with Crippen LogP contribution in [0.3, 0.4) is 0 Å². The number of carbonyl (C=O) groups excluding carboxylic acids is 1. The maximum absolute atomic E-state index is 13.0. The van der Waals surface area contributed by atoms with Crippen molar-refractivity contribution in [2.75, 3.05) is 23.3 Å². The second kappa shape index (κ2) is 8.77. The molecule has 33 heavy (non-hydrogen) atoms. The molecule has 0 spiro atoms. The molecule has 168 valence electrons. The van der Waals surface area contributed by atoms with Crippen LogP contribution >= 0.6 is 0 Å². The Bertz CT molecular complexity index is 1270. The van der Waals surface area contributed by atoms with Gasteiger partial charge in [-0.05, 0) is 32.8 Å². The largest absolute Gasteiger partial charge is 0.356 e. The van der Waals surface area contributed by atoms with Crippen molar-refractivity contribution in [3.8, 4) is 11.6 Å². The molecule has 0 saturated carbocycles. The van der Waals surface area contributed by atoms with Gasteiger partial charge in [0.25, 0.3) is 0 Å². The van der Waals surface area contributed by atoms with Gasteiger partial charge in [-0.15, -0.1) is 0 Å². The van der Waals surface area contributed by atoms with Crippen molar-refractivity contribution in [2.45, 2.75) is 26.7 Å². The summed E-state index contributed by atoms with van der Waals surface area (Å²) in [5.74, 6) is 2.35. The van der Waals surface area contributed by atoms with Crippen LogP contribution in [0.25, 0.3) is 11.6 Å². The number of nitrogens with zero attached hydrogens (tertiary/aromatic N) is 9. The van der Waals surface area contributed by atoms with Gasteiger partial charge in [0.1, 0.15) is 36.4 Å². The molecule has 4 aromatic heterocycles. The highest BCUT2D eigenvalue weighted by atomic mass is 16.2. The minimum atomic E-state index is -0.183. The Morgan fingerprint density at radius 3 is 2.64 bits per heavy atom. The Kier molecular flexibility index (Phi) is 5.51. The Morgan fingerprint density at radius 1 is 1.03 bits per heavy atom. The summed E-state index contributed by atoms with van der Waals surface area (Å²) in [6.45, 7) is 5.35. The molecule has 0 bridgehead atoms. The first kappa shape index (κ1) is 20.7. The van der Waals surface area contributed by atoms with Gasteiger partial charge < -0.3 is 10.2 Å². The number of piperidine rings is 1. The minimum absolute atomic E-state index is 0.0668. The third-order valence-corrected chi connectivity index (χ3v) is 5.65. The van der Waals surface area contributed by atoms with Gasteiger partial charge >= 0.3 is 0 Å². The van der Waals surface area contributed by atoms with Gasteiger partial charge in [-0.3, -0.25) is 9.36 Å². The SMILES string of the molecule is Cc1cc(C)n(-c2cc(N3CCCC(C(=O)Nc4cc(-n5ccnc5)ncn4)C3)ncn2)n1. The van der Waals surface area contributed by atoms with Gasteiger partial charge in [0.15, 0.2) is 5.82 Å². The fourth-order valence-electron chi connectivity index (χ4n) is 4.07. The summed E-state index contributed by atoms with van der Waals surface area (Å²) in [7, 11) is 0. The molecule has 0 aromatic carbocycles. The van der Waals surface area contributed by atoms with E-state index in [1.165, 1.54) is 6.33 Å². The molecule has 1 atom stereocenters. The molecule has 11 heteroatoms. The van der Waals surface area contributed by atoms with E-state index < -0.39 is 0 Å². The van der Waals surface area contributed by atoms with Crippen molar-refractivity contribution >= 4 is 17.5 Å². The molecule has 4 aromatic rings. The van der Waals surface area contributed by atoms with Gasteiger partial charge in [-0.2, -0.15) is 5.10 Å². The van der Waals surface area contributed by atoms with E-state index in [0.29, 0.717) is 24.0 Å². The number of hydrogen-bond acceptors (Lipinski definition) is 8. The van der Waals surface area contributed by atoms with Crippen LogP contribution < -0.4 is 10.2 Å². The second-order valence-corrected chi connectivity index (χ2v) is 8.08. The quantitative estimate of drug-likeness (QED) is 0.497. The maximum atomic E-state index is 13.0. The van der Waals surface area contributed by atoms with E-state index in [4.69, 9.17) is 0 Å². The van der Waals surface area contributed by atoms with Crippen molar-refractivity contribution in [1.29, 1.82) is 0 Å². The molecule has 0 aliphatic carbocycles. The van der Waals surface area contributed by atoms with E-state index in [0.717, 1.165) is 36.6 Å². The standard InChI is InChI=1S/C22H24N10O/c1-15-8-16(2)32(29-15)21-10-20(26-13-27-21)30-6-3-4-17(11-30)22(33)28-18-9-19(25-12-24-18)31-7-5-23-14-31/h5,7-10,12-14,17H,3-4,6,11H2,1-2H3,(H,24,25,28,33). The first-order chi connectivity index (χ1) is 16.1. The van der Waals surface area contributed by atoms with Crippen molar-refractivity contribution in [3.05, 3.63) is 61.0 Å². The molecular weight excluding hydrogens is 420 g/mol. The molecule has 11 nitrogen and oxygen atoms in total. The van der Waals surface area contributed by atoms with Crippen LogP contribution in [-0.4, -0.2) is 58.3 Å². The molecule has 1 fully saturated rings. The van der Waals surface area contributed by atoms with E-state index in [1.807, 2.05) is 30.7 Å². The Morgan fingerprint density at radius 2 is 1.85 bits per heavy atom. The summed E-state index contributed by atoms with van der Waals surface area (Å²) in [5.41, 5.74) is 1.94. The van der Waals surface area contributed by atoms with E-state index in [-0.39, 0.29) is 11.8 Å². The normalized spacial score (nSPS) is 16.1. The van der Waals surface area contributed by atoms with Crippen molar-refractivity contribution in [3.63, 3.8) is 0 Å². The number of anilines is 2. The molecule has 1 aliphatic heterocycles. The minimum Gasteiger partial charge on any atom is -0.356 e. The lowest BCUT2D eigenvalue weighted by atomic mass is 9.97. The highest BCUT2D eigenvalue weighted by Gasteiger charge is 2.27. The van der Waals surface area contributed by atoms with E-state index in [2.05, 4.69) is 40.2 Å². The number of aryl methyl sites for hydroxylation is 2. The molecule has 5 rings (SSSR count). The van der Waals surface area contributed by atoms with Gasteiger partial charge in [-0.1, -0.05) is 0 Å². The van der Waals surface area contributed by atoms with Crippen LogP contribution in [-0.2, 0) is 4.79 Å². The van der Waals surface area contributed by atoms with Crippen LogP contribution in [0, 0.1) is 19.8 Å². The second-order valence-electron chi connectivity index (χ2n) is 8.08. The number of carbonyl (C=O) groups is 1. The molecular formula is C22H24N10O. The van der Waals surface area contributed by atoms with Gasteiger partial charge in [0.05, 0.1) is 11.6 Å². The molecule has 1 N–H and O–H groups in total. The van der Waals surface area contributed by atoms with Gasteiger partial charge in [0, 0.05) is 43.3 Å². The average Bonchev–Trinajstić information content (AvgIpc) is 3.49. The van der Waals surface area contributed by atoms with Crippen LogP contribution in [0.4, 0.5) is 11.6 Å². The Balaban J connectivity index is 1.29. The zero-order valence-corrected chi connectivity index (χ0v) is 18.5. The zero-order valence-electron chi connectivity index (χ0n) is 18.5. The molecule has 1 saturated heterocycles. The lowest BCUT2D eigenvalue weighted by Gasteiger charge is -2.32. The Hall–Kier alpha value is -4.15. The predicted molar refractivity (Wildman–Crippen MR) is 121 cm³/mol. The van der Waals surface area contributed by atoms with Gasteiger partial charge in [0.2, 0.25) is 5.91 Å².